The Bertz CT molecular complexity index is 758. The molecule has 0 radical (unpaired) electrons. The number of likely N-dealkylation sites (tertiary alicyclic amines) is 1. The summed E-state index contributed by atoms with van der Waals surface area (Å²) in [6.45, 7) is 2.90. The largest absolute Gasteiger partial charge is 0.352 e. The molecule has 1 fully saturated rings. The van der Waals surface area contributed by atoms with E-state index in [-0.39, 0.29) is 11.9 Å². The summed E-state index contributed by atoms with van der Waals surface area (Å²) in [6, 6.07) is 3.08. The summed E-state index contributed by atoms with van der Waals surface area (Å²) in [7, 11) is 0. The van der Waals surface area contributed by atoms with Crippen LogP contribution in [0.3, 0.4) is 0 Å². The maximum absolute atomic E-state index is 12.7. The van der Waals surface area contributed by atoms with Crippen LogP contribution in [0.25, 0.3) is 9.88 Å². The van der Waals surface area contributed by atoms with E-state index in [0.29, 0.717) is 34.4 Å². The highest BCUT2D eigenvalue weighted by atomic mass is 35.5. The van der Waals surface area contributed by atoms with Crippen molar-refractivity contribution in [2.24, 2.45) is 5.73 Å². The Morgan fingerprint density at radius 3 is 2.87 bits per heavy atom. The number of thiazole rings is 1. The van der Waals surface area contributed by atoms with Gasteiger partial charge in [-0.3, -0.25) is 4.79 Å². The number of carbonyl (C=O) groups is 2. The lowest BCUT2D eigenvalue weighted by molar-refractivity contribution is 0.0793. The molecule has 3 amide bonds. The molecule has 2 aromatic heterocycles. The predicted octanol–water partition coefficient (Wildman–Crippen LogP) is 2.72. The molecular formula is C14H15ClN4O2S2. The lowest BCUT2D eigenvalue weighted by atomic mass is 10.3. The van der Waals surface area contributed by atoms with Gasteiger partial charge in [0.05, 0.1) is 14.9 Å². The average Bonchev–Trinajstić information content (AvgIpc) is 3.18. The van der Waals surface area contributed by atoms with Crippen LogP contribution in [0.15, 0.2) is 12.1 Å². The molecule has 0 bridgehead atoms. The summed E-state index contributed by atoms with van der Waals surface area (Å²) >= 11 is 8.77. The number of nitrogens with zero attached hydrogens (tertiary/aromatic N) is 2. The predicted molar refractivity (Wildman–Crippen MR) is 92.2 cm³/mol. The fraction of sp³-hybridized carbons (Fsp3) is 0.357. The number of primary amides is 1. The third-order valence-corrected chi connectivity index (χ3v) is 6.14. The Hall–Kier alpha value is -1.64. The third kappa shape index (κ3) is 3.49. The van der Waals surface area contributed by atoms with Gasteiger partial charge in [0.25, 0.3) is 5.91 Å². The number of nitrogens with one attached hydrogen (secondary N) is 1. The number of halogens is 1. The number of urea groups is 1. The van der Waals surface area contributed by atoms with Crippen molar-refractivity contribution in [3.8, 4) is 9.88 Å². The van der Waals surface area contributed by atoms with Crippen LogP contribution in [0.1, 0.15) is 21.8 Å². The quantitative estimate of drug-likeness (QED) is 0.870. The molecule has 0 aromatic carbocycles. The van der Waals surface area contributed by atoms with Gasteiger partial charge in [0, 0.05) is 19.1 Å². The first-order valence-corrected chi connectivity index (χ1v) is 9.03. The summed E-state index contributed by atoms with van der Waals surface area (Å²) in [5, 5.41) is 3.45. The van der Waals surface area contributed by atoms with E-state index in [2.05, 4.69) is 10.3 Å². The fourth-order valence-corrected chi connectivity index (χ4v) is 4.67. The second-order valence-electron chi connectivity index (χ2n) is 5.28. The van der Waals surface area contributed by atoms with Gasteiger partial charge in [0.2, 0.25) is 0 Å². The van der Waals surface area contributed by atoms with Crippen molar-refractivity contribution in [1.29, 1.82) is 0 Å². The standard InChI is InChI=1S/C14H15ClN4O2S2/c1-7-11(23-12(17-7)9-2-3-10(15)22-9)13(20)19-5-4-8(6-19)18-14(16)21/h2-3,8H,4-6H2,1H3,(H3,16,18,21)/t8-/m0/s1. The van der Waals surface area contributed by atoms with Crippen LogP contribution in [0.5, 0.6) is 0 Å². The molecule has 9 heteroatoms. The maximum Gasteiger partial charge on any atom is 0.312 e. The van der Waals surface area contributed by atoms with Gasteiger partial charge in [-0.15, -0.1) is 22.7 Å². The third-order valence-electron chi connectivity index (χ3n) is 3.60. The highest BCUT2D eigenvalue weighted by molar-refractivity contribution is 7.24. The van der Waals surface area contributed by atoms with E-state index >= 15 is 0 Å². The van der Waals surface area contributed by atoms with Crippen LogP contribution in [-0.2, 0) is 0 Å². The molecule has 3 rings (SSSR count). The van der Waals surface area contributed by atoms with E-state index in [9.17, 15) is 9.59 Å². The van der Waals surface area contributed by atoms with Gasteiger partial charge in [0.15, 0.2) is 0 Å². The molecule has 1 aliphatic heterocycles. The number of rotatable bonds is 3. The zero-order valence-corrected chi connectivity index (χ0v) is 14.7. The Labute approximate surface area is 146 Å². The Morgan fingerprint density at radius 1 is 1.43 bits per heavy atom. The van der Waals surface area contributed by atoms with Gasteiger partial charge in [-0.05, 0) is 25.5 Å². The monoisotopic (exact) mass is 370 g/mol. The van der Waals surface area contributed by atoms with Crippen LogP contribution in [0.4, 0.5) is 4.79 Å². The number of hydrogen-bond donors (Lipinski definition) is 2. The average molecular weight is 371 g/mol. The number of carbonyl (C=O) groups excluding carboxylic acids is 2. The second-order valence-corrected chi connectivity index (χ2v) is 8.00. The van der Waals surface area contributed by atoms with Crippen LogP contribution < -0.4 is 11.1 Å². The van der Waals surface area contributed by atoms with E-state index in [1.807, 2.05) is 19.1 Å². The van der Waals surface area contributed by atoms with Crippen LogP contribution >= 0.6 is 34.3 Å². The minimum absolute atomic E-state index is 0.0531. The van der Waals surface area contributed by atoms with Crippen molar-refractivity contribution < 1.29 is 9.59 Å². The van der Waals surface area contributed by atoms with E-state index in [0.717, 1.165) is 9.88 Å². The molecule has 1 saturated heterocycles. The lowest BCUT2D eigenvalue weighted by Gasteiger charge is -2.15. The minimum atomic E-state index is -0.560. The molecule has 1 atom stereocenters. The molecule has 0 saturated carbocycles. The molecule has 2 aromatic rings. The van der Waals surface area contributed by atoms with Gasteiger partial charge in [-0.25, -0.2) is 9.78 Å². The smallest absolute Gasteiger partial charge is 0.312 e. The van der Waals surface area contributed by atoms with E-state index in [4.69, 9.17) is 17.3 Å². The van der Waals surface area contributed by atoms with E-state index in [1.54, 1.807) is 4.90 Å². The normalized spacial score (nSPS) is 17.5. The first kappa shape index (κ1) is 16.2. The first-order valence-electron chi connectivity index (χ1n) is 7.02. The van der Waals surface area contributed by atoms with Crippen molar-refractivity contribution in [3.05, 3.63) is 27.0 Å². The van der Waals surface area contributed by atoms with Gasteiger partial charge >= 0.3 is 6.03 Å². The number of aryl methyl sites for hydroxylation is 1. The molecule has 1 aliphatic rings. The van der Waals surface area contributed by atoms with Gasteiger partial charge in [-0.2, -0.15) is 0 Å². The minimum Gasteiger partial charge on any atom is -0.352 e. The molecule has 122 valence electrons. The summed E-state index contributed by atoms with van der Waals surface area (Å²) in [5.74, 6) is -0.0531. The van der Waals surface area contributed by atoms with Gasteiger partial charge in [-0.1, -0.05) is 11.6 Å². The van der Waals surface area contributed by atoms with Crippen LogP contribution in [-0.4, -0.2) is 41.0 Å². The lowest BCUT2D eigenvalue weighted by Crippen LogP contribution is -2.41. The zero-order chi connectivity index (χ0) is 16.6. The molecular weight excluding hydrogens is 356 g/mol. The zero-order valence-electron chi connectivity index (χ0n) is 12.3. The fourth-order valence-electron chi connectivity index (χ4n) is 2.54. The SMILES string of the molecule is Cc1nc(-c2ccc(Cl)s2)sc1C(=O)N1CC[C@H](NC(N)=O)C1. The molecule has 23 heavy (non-hydrogen) atoms. The van der Waals surface area contributed by atoms with Crippen molar-refractivity contribution in [3.63, 3.8) is 0 Å². The van der Waals surface area contributed by atoms with Gasteiger partial charge < -0.3 is 16.0 Å². The number of aromatic nitrogens is 1. The summed E-state index contributed by atoms with van der Waals surface area (Å²) in [4.78, 5) is 31.4. The van der Waals surface area contributed by atoms with Crippen LogP contribution in [0, 0.1) is 6.92 Å². The summed E-state index contributed by atoms with van der Waals surface area (Å²) in [5.41, 5.74) is 5.84. The number of thiophene rings is 1. The number of hydrogen-bond acceptors (Lipinski definition) is 5. The molecule has 3 N–H and O–H groups in total. The Morgan fingerprint density at radius 2 is 2.22 bits per heavy atom. The molecule has 0 aliphatic carbocycles. The van der Waals surface area contributed by atoms with Gasteiger partial charge in [0.1, 0.15) is 9.88 Å². The van der Waals surface area contributed by atoms with Crippen LogP contribution in [0.2, 0.25) is 4.34 Å². The highest BCUT2D eigenvalue weighted by Gasteiger charge is 2.30. The first-order chi connectivity index (χ1) is 10.9. The highest BCUT2D eigenvalue weighted by Crippen LogP contribution is 2.35. The molecule has 0 unspecified atom stereocenters. The number of nitrogens with two attached hydrogens (primary N) is 1. The summed E-state index contributed by atoms with van der Waals surface area (Å²) < 4.78 is 0.695. The second kappa shape index (κ2) is 6.46. The molecule has 0 spiro atoms. The van der Waals surface area contributed by atoms with E-state index < -0.39 is 6.03 Å². The Kier molecular flexibility index (Phi) is 4.56. The molecule has 3 heterocycles. The topological polar surface area (TPSA) is 88.3 Å². The van der Waals surface area contributed by atoms with Crippen molar-refractivity contribution in [1.82, 2.24) is 15.2 Å². The summed E-state index contributed by atoms with van der Waals surface area (Å²) in [6.07, 6.45) is 0.708. The van der Waals surface area contributed by atoms with Crippen molar-refractivity contribution in [2.75, 3.05) is 13.1 Å². The molecule has 6 nitrogen and oxygen atoms in total. The number of amides is 3. The van der Waals surface area contributed by atoms with Crippen molar-refractivity contribution in [2.45, 2.75) is 19.4 Å². The Balaban J connectivity index is 1.76. The van der Waals surface area contributed by atoms with E-state index in [1.165, 1.54) is 22.7 Å². The van der Waals surface area contributed by atoms with Crippen molar-refractivity contribution >= 4 is 46.2 Å². The maximum atomic E-state index is 12.7.